The largest absolute Gasteiger partial charge is 0.351 e. The molecule has 142 valence electrons. The van der Waals surface area contributed by atoms with Crippen molar-refractivity contribution in [1.29, 1.82) is 0 Å². The van der Waals surface area contributed by atoms with Crippen LogP contribution in [-0.2, 0) is 28.9 Å². The Morgan fingerprint density at radius 2 is 2.04 bits per heavy atom. The van der Waals surface area contributed by atoms with E-state index in [0.29, 0.717) is 12.5 Å². The first-order chi connectivity index (χ1) is 12.3. The smallest absolute Gasteiger partial charge is 0.227 e. The van der Waals surface area contributed by atoms with Crippen molar-refractivity contribution in [3.8, 4) is 0 Å². The monoisotopic (exact) mass is 358 g/mol. The molecule has 26 heavy (non-hydrogen) atoms. The van der Waals surface area contributed by atoms with Gasteiger partial charge in [0, 0.05) is 30.1 Å². The zero-order valence-corrected chi connectivity index (χ0v) is 16.1. The highest BCUT2D eigenvalue weighted by Crippen LogP contribution is 2.41. The Balaban J connectivity index is 1.36. The first-order valence-electron chi connectivity index (χ1n) is 9.98. The van der Waals surface area contributed by atoms with Crippen LogP contribution < -0.4 is 5.32 Å². The first-order valence-corrected chi connectivity index (χ1v) is 9.98. The quantitative estimate of drug-likeness (QED) is 0.862. The molecule has 1 saturated heterocycles. The van der Waals surface area contributed by atoms with E-state index < -0.39 is 0 Å². The standard InChI is InChI=1S/C20H30N4O2/c1-12-8-13(12)19(26)24-10-16(20(2,3)11-24)23-18(25)9-17-21-14-6-4-5-7-15(14)22-17/h12-13,16H,4-11H2,1-3H3,(H,21,22)(H,23,25). The van der Waals surface area contributed by atoms with E-state index >= 15 is 0 Å². The predicted molar refractivity (Wildman–Crippen MR) is 98.5 cm³/mol. The number of carbonyl (C=O) groups excluding carboxylic acids is 2. The molecule has 2 heterocycles. The van der Waals surface area contributed by atoms with Crippen molar-refractivity contribution >= 4 is 11.8 Å². The van der Waals surface area contributed by atoms with Crippen LogP contribution in [0.15, 0.2) is 0 Å². The van der Waals surface area contributed by atoms with Crippen LogP contribution in [0.25, 0.3) is 0 Å². The molecule has 0 radical (unpaired) electrons. The number of carbonyl (C=O) groups is 2. The number of H-pyrrole nitrogens is 1. The minimum atomic E-state index is -0.105. The molecule has 1 aromatic heterocycles. The lowest BCUT2D eigenvalue weighted by Crippen LogP contribution is -2.45. The van der Waals surface area contributed by atoms with Gasteiger partial charge in [0.05, 0.1) is 18.2 Å². The molecule has 1 aromatic rings. The minimum absolute atomic E-state index is 0.00223. The molecule has 0 aromatic carbocycles. The number of imidazole rings is 1. The van der Waals surface area contributed by atoms with Crippen molar-refractivity contribution in [3.05, 3.63) is 17.2 Å². The van der Waals surface area contributed by atoms with E-state index in [0.717, 1.165) is 37.3 Å². The average molecular weight is 358 g/mol. The predicted octanol–water partition coefficient (Wildman–Crippen LogP) is 1.84. The van der Waals surface area contributed by atoms with Crippen LogP contribution in [0.1, 0.15) is 57.2 Å². The number of fused-ring (bicyclic) bond motifs is 1. The van der Waals surface area contributed by atoms with Crippen LogP contribution in [0.2, 0.25) is 0 Å². The van der Waals surface area contributed by atoms with E-state index in [-0.39, 0.29) is 35.6 Å². The summed E-state index contributed by atoms with van der Waals surface area (Å²) < 4.78 is 0. The molecule has 2 N–H and O–H groups in total. The molecule has 3 unspecified atom stereocenters. The number of aromatic amines is 1. The number of nitrogens with zero attached hydrogens (tertiary/aromatic N) is 2. The Hall–Kier alpha value is -1.85. The maximum atomic E-state index is 12.6. The minimum Gasteiger partial charge on any atom is -0.351 e. The number of hydrogen-bond acceptors (Lipinski definition) is 3. The molecule has 1 aliphatic heterocycles. The summed E-state index contributed by atoms with van der Waals surface area (Å²) in [5.74, 6) is 1.74. The number of likely N-dealkylation sites (tertiary alicyclic amines) is 1. The zero-order chi connectivity index (χ0) is 18.5. The molecule has 0 bridgehead atoms. The van der Waals surface area contributed by atoms with Crippen molar-refractivity contribution in [2.75, 3.05) is 13.1 Å². The molecular formula is C20H30N4O2. The number of rotatable bonds is 4. The maximum absolute atomic E-state index is 12.6. The number of nitrogens with one attached hydrogen (secondary N) is 2. The Morgan fingerprint density at radius 3 is 2.73 bits per heavy atom. The highest BCUT2D eigenvalue weighted by Gasteiger charge is 2.47. The second kappa shape index (κ2) is 6.39. The topological polar surface area (TPSA) is 78.1 Å². The Kier molecular flexibility index (Phi) is 4.32. The third-order valence-electron chi connectivity index (χ3n) is 6.35. The lowest BCUT2D eigenvalue weighted by Gasteiger charge is -2.25. The fraction of sp³-hybridized carbons (Fsp3) is 0.750. The molecule has 2 aliphatic carbocycles. The maximum Gasteiger partial charge on any atom is 0.227 e. The van der Waals surface area contributed by atoms with Crippen LogP contribution in [0.4, 0.5) is 0 Å². The molecule has 6 nitrogen and oxygen atoms in total. The number of aryl methyl sites for hydroxylation is 2. The Bertz CT molecular complexity index is 700. The lowest BCUT2D eigenvalue weighted by molar-refractivity contribution is -0.132. The zero-order valence-electron chi connectivity index (χ0n) is 16.1. The first kappa shape index (κ1) is 17.6. The van der Waals surface area contributed by atoms with Gasteiger partial charge >= 0.3 is 0 Å². The summed E-state index contributed by atoms with van der Waals surface area (Å²) in [5.41, 5.74) is 2.23. The molecule has 4 rings (SSSR count). The Morgan fingerprint density at radius 1 is 1.31 bits per heavy atom. The molecule has 1 saturated carbocycles. The van der Waals surface area contributed by atoms with E-state index in [4.69, 9.17) is 0 Å². The van der Waals surface area contributed by atoms with Crippen molar-refractivity contribution in [2.45, 2.75) is 65.3 Å². The highest BCUT2D eigenvalue weighted by molar-refractivity contribution is 5.82. The summed E-state index contributed by atoms with van der Waals surface area (Å²) >= 11 is 0. The highest BCUT2D eigenvalue weighted by atomic mass is 16.2. The van der Waals surface area contributed by atoms with Crippen molar-refractivity contribution in [3.63, 3.8) is 0 Å². The van der Waals surface area contributed by atoms with Crippen LogP contribution in [0, 0.1) is 17.3 Å². The van der Waals surface area contributed by atoms with Crippen molar-refractivity contribution in [1.82, 2.24) is 20.2 Å². The van der Waals surface area contributed by atoms with Crippen LogP contribution in [-0.4, -0.2) is 45.8 Å². The van der Waals surface area contributed by atoms with Crippen molar-refractivity contribution < 1.29 is 9.59 Å². The molecule has 3 aliphatic rings. The summed E-state index contributed by atoms with van der Waals surface area (Å²) in [7, 11) is 0. The van der Waals surface area contributed by atoms with Gasteiger partial charge in [-0.2, -0.15) is 0 Å². The van der Waals surface area contributed by atoms with Gasteiger partial charge in [0.15, 0.2) is 0 Å². The SMILES string of the molecule is CC1CC1C(=O)N1CC(NC(=O)Cc2nc3c([nH]2)CCCC3)C(C)(C)C1. The fourth-order valence-corrected chi connectivity index (χ4v) is 4.44. The average Bonchev–Trinajstić information content (AvgIpc) is 3.04. The van der Waals surface area contributed by atoms with Crippen LogP contribution in [0.5, 0.6) is 0 Å². The molecular weight excluding hydrogens is 328 g/mol. The summed E-state index contributed by atoms with van der Waals surface area (Å²) in [6, 6.07) is -0.00223. The van der Waals surface area contributed by atoms with Gasteiger partial charge in [-0.15, -0.1) is 0 Å². The van der Waals surface area contributed by atoms with E-state index in [9.17, 15) is 9.59 Å². The van der Waals surface area contributed by atoms with E-state index in [1.165, 1.54) is 18.5 Å². The normalized spacial score (nSPS) is 29.3. The molecule has 0 spiro atoms. The van der Waals surface area contributed by atoms with Crippen LogP contribution in [0.3, 0.4) is 0 Å². The number of aromatic nitrogens is 2. The summed E-state index contributed by atoms with van der Waals surface area (Å²) in [4.78, 5) is 35.0. The Labute approximate surface area is 155 Å². The van der Waals surface area contributed by atoms with Gasteiger partial charge < -0.3 is 15.2 Å². The summed E-state index contributed by atoms with van der Waals surface area (Å²) in [6.07, 6.45) is 5.73. The lowest BCUT2D eigenvalue weighted by atomic mass is 9.88. The van der Waals surface area contributed by atoms with Gasteiger partial charge in [0.25, 0.3) is 0 Å². The van der Waals surface area contributed by atoms with E-state index in [1.807, 2.05) is 4.90 Å². The summed E-state index contributed by atoms with van der Waals surface area (Å²) in [6.45, 7) is 7.73. The molecule has 6 heteroatoms. The molecule has 3 atom stereocenters. The number of hydrogen-bond donors (Lipinski definition) is 2. The van der Waals surface area contributed by atoms with E-state index in [1.54, 1.807) is 0 Å². The van der Waals surface area contributed by atoms with Gasteiger partial charge in [-0.1, -0.05) is 20.8 Å². The van der Waals surface area contributed by atoms with E-state index in [2.05, 4.69) is 36.1 Å². The molecule has 2 fully saturated rings. The molecule has 2 amide bonds. The van der Waals surface area contributed by atoms with Crippen molar-refractivity contribution in [2.24, 2.45) is 17.3 Å². The van der Waals surface area contributed by atoms with Crippen LogP contribution >= 0.6 is 0 Å². The van der Waals surface area contributed by atoms with Gasteiger partial charge in [0.1, 0.15) is 5.82 Å². The van der Waals surface area contributed by atoms with Gasteiger partial charge in [-0.05, 0) is 38.0 Å². The second-order valence-corrected chi connectivity index (χ2v) is 9.14. The third kappa shape index (κ3) is 3.38. The van der Waals surface area contributed by atoms with Gasteiger partial charge in [-0.3, -0.25) is 9.59 Å². The second-order valence-electron chi connectivity index (χ2n) is 9.14. The number of amides is 2. The third-order valence-corrected chi connectivity index (χ3v) is 6.35. The summed E-state index contributed by atoms with van der Waals surface area (Å²) in [5, 5.41) is 3.16. The fourth-order valence-electron chi connectivity index (χ4n) is 4.44. The van der Waals surface area contributed by atoms with Gasteiger partial charge in [-0.25, -0.2) is 4.98 Å². The van der Waals surface area contributed by atoms with Gasteiger partial charge in [0.2, 0.25) is 11.8 Å².